The quantitative estimate of drug-likeness (QED) is 0.316. The van der Waals surface area contributed by atoms with Crippen molar-refractivity contribution in [3.05, 3.63) is 102 Å². The molecular formula is C24H24N5O5P. The summed E-state index contributed by atoms with van der Waals surface area (Å²) in [6.07, 6.45) is 6.99. The van der Waals surface area contributed by atoms with Crippen LogP contribution < -0.4 is 5.73 Å². The molecule has 1 unspecified atom stereocenters. The largest absolute Gasteiger partial charge is 0.471 e. The van der Waals surface area contributed by atoms with Crippen LogP contribution >= 0.6 is 7.82 Å². The Balaban J connectivity index is 1.22. The molecule has 0 radical (unpaired) electrons. The maximum absolute atomic E-state index is 11.0. The van der Waals surface area contributed by atoms with Gasteiger partial charge in [0.15, 0.2) is 5.76 Å². The molecule has 0 fully saturated rings. The second-order valence-corrected chi connectivity index (χ2v) is 9.47. The van der Waals surface area contributed by atoms with Crippen molar-refractivity contribution in [2.75, 3.05) is 6.73 Å². The average Bonchev–Trinajstić information content (AvgIpc) is 3.45. The summed E-state index contributed by atoms with van der Waals surface area (Å²) in [5, 5.41) is 9.88. The van der Waals surface area contributed by atoms with Crippen LogP contribution in [0.5, 0.6) is 0 Å². The van der Waals surface area contributed by atoms with E-state index in [1.54, 1.807) is 18.4 Å². The topological polar surface area (TPSA) is 140 Å². The lowest BCUT2D eigenvalue weighted by Gasteiger charge is -2.30. The lowest BCUT2D eigenvalue weighted by molar-refractivity contribution is 0.110. The fourth-order valence-corrected chi connectivity index (χ4v) is 4.19. The van der Waals surface area contributed by atoms with E-state index in [2.05, 4.69) is 39.0 Å². The first kappa shape index (κ1) is 23.2. The van der Waals surface area contributed by atoms with Gasteiger partial charge in [-0.2, -0.15) is 5.10 Å². The Kier molecular flexibility index (Phi) is 6.38. The summed E-state index contributed by atoms with van der Waals surface area (Å²) in [5.41, 5.74) is 10.8. The fraction of sp³-hybridized carbons (Fsp3) is 0.167. The highest BCUT2D eigenvalue weighted by molar-refractivity contribution is 7.46. The number of phosphoric acid groups is 1. The minimum atomic E-state index is -4.61. The van der Waals surface area contributed by atoms with E-state index in [0.29, 0.717) is 24.3 Å². The molecule has 35 heavy (non-hydrogen) atoms. The van der Waals surface area contributed by atoms with E-state index in [0.717, 1.165) is 27.7 Å². The van der Waals surface area contributed by atoms with Crippen molar-refractivity contribution >= 4 is 24.3 Å². The molecule has 2 aromatic heterocycles. The summed E-state index contributed by atoms with van der Waals surface area (Å²) in [5.74, 6) is 0.486. The van der Waals surface area contributed by atoms with Crippen LogP contribution in [0.4, 0.5) is 0 Å². The van der Waals surface area contributed by atoms with E-state index in [-0.39, 0.29) is 6.73 Å². The van der Waals surface area contributed by atoms with Crippen molar-refractivity contribution in [3.8, 4) is 0 Å². The zero-order valence-electron chi connectivity index (χ0n) is 18.6. The summed E-state index contributed by atoms with van der Waals surface area (Å²) in [6.45, 7) is 0.325. The molecule has 0 saturated heterocycles. The molecule has 1 atom stereocenters. The molecule has 2 aromatic carbocycles. The minimum Gasteiger partial charge on any atom is -0.356 e. The molecule has 4 aromatic rings. The molecule has 0 saturated carbocycles. The van der Waals surface area contributed by atoms with E-state index < -0.39 is 14.0 Å². The highest BCUT2D eigenvalue weighted by Crippen LogP contribution is 2.36. The third kappa shape index (κ3) is 5.59. The smallest absolute Gasteiger partial charge is 0.356 e. The molecule has 11 heteroatoms. The van der Waals surface area contributed by atoms with Gasteiger partial charge in [0.05, 0.1) is 17.8 Å². The van der Waals surface area contributed by atoms with Gasteiger partial charge in [-0.15, -0.1) is 0 Å². The number of hydrogen-bond donors (Lipinski definition) is 3. The van der Waals surface area contributed by atoms with Gasteiger partial charge >= 0.3 is 7.82 Å². The Morgan fingerprint density at radius 2 is 1.89 bits per heavy atom. The summed E-state index contributed by atoms with van der Waals surface area (Å²) in [6, 6.07) is 18.1. The second-order valence-electron chi connectivity index (χ2n) is 8.23. The molecule has 3 heterocycles. The monoisotopic (exact) mass is 493 g/mol. The third-order valence-corrected chi connectivity index (χ3v) is 6.11. The lowest BCUT2D eigenvalue weighted by Crippen LogP contribution is -2.41. The Labute approximate surface area is 201 Å². The molecule has 1 aliphatic heterocycles. The standard InChI is InChI=1S/C24H24N5O5P/c25-24-21(5-3-11-28(24)16-33-35(30,31)32)23-13-20(27-34-23)12-17-7-9-18(10-8-17)14-29-15-19-4-1-2-6-22(19)26-29/h1-11,13,15,24H,12,14,16,25H2,(H2,30,31,32). The normalized spacial score (nSPS) is 16.1. The summed E-state index contributed by atoms with van der Waals surface area (Å²) in [4.78, 5) is 19.3. The molecule has 0 spiro atoms. The van der Waals surface area contributed by atoms with Gasteiger partial charge in [-0.25, -0.2) is 4.57 Å². The summed E-state index contributed by atoms with van der Waals surface area (Å²) in [7, 11) is -4.61. The Hall–Kier alpha value is -3.53. The van der Waals surface area contributed by atoms with Gasteiger partial charge in [-0.05, 0) is 23.3 Å². The minimum absolute atomic E-state index is 0.360. The van der Waals surface area contributed by atoms with Crippen molar-refractivity contribution in [2.24, 2.45) is 5.73 Å². The van der Waals surface area contributed by atoms with Crippen molar-refractivity contribution in [3.63, 3.8) is 0 Å². The van der Waals surface area contributed by atoms with Gasteiger partial charge in [-0.1, -0.05) is 53.7 Å². The number of rotatable bonds is 8. The maximum atomic E-state index is 11.0. The predicted molar refractivity (Wildman–Crippen MR) is 130 cm³/mol. The van der Waals surface area contributed by atoms with Crippen LogP contribution in [0.2, 0.25) is 0 Å². The zero-order valence-corrected chi connectivity index (χ0v) is 19.5. The van der Waals surface area contributed by atoms with Gasteiger partial charge in [0, 0.05) is 35.8 Å². The summed E-state index contributed by atoms with van der Waals surface area (Å²) < 4.78 is 23.0. The molecule has 4 N–H and O–H groups in total. The van der Waals surface area contributed by atoms with Gasteiger partial charge in [-0.3, -0.25) is 9.21 Å². The predicted octanol–water partition coefficient (Wildman–Crippen LogP) is 3.23. The molecule has 0 amide bonds. The van der Waals surface area contributed by atoms with Crippen LogP contribution in [0.3, 0.4) is 0 Å². The van der Waals surface area contributed by atoms with E-state index in [1.165, 1.54) is 4.90 Å². The van der Waals surface area contributed by atoms with Crippen LogP contribution in [0.1, 0.15) is 22.6 Å². The molecular weight excluding hydrogens is 469 g/mol. The Morgan fingerprint density at radius 1 is 1.11 bits per heavy atom. The number of fused-ring (bicyclic) bond motifs is 1. The third-order valence-electron chi connectivity index (χ3n) is 5.66. The van der Waals surface area contributed by atoms with Crippen molar-refractivity contribution < 1.29 is 23.4 Å². The first-order valence-electron chi connectivity index (χ1n) is 10.9. The molecule has 5 rings (SSSR count). The van der Waals surface area contributed by atoms with Crippen LogP contribution in [-0.4, -0.2) is 42.5 Å². The number of hydrogen-bond acceptors (Lipinski definition) is 7. The SMILES string of the molecule is NC1C(c2cc(Cc3ccc(Cn4cc5ccccc5n4)cc3)no2)=CC=CN1COP(=O)(O)O. The van der Waals surface area contributed by atoms with Crippen molar-refractivity contribution in [1.82, 2.24) is 19.8 Å². The van der Waals surface area contributed by atoms with Crippen LogP contribution in [0.15, 0.2) is 83.7 Å². The first-order valence-corrected chi connectivity index (χ1v) is 12.4. The zero-order chi connectivity index (χ0) is 24.4. The van der Waals surface area contributed by atoms with Gasteiger partial charge in [0.25, 0.3) is 0 Å². The Bertz CT molecular complexity index is 1400. The molecule has 10 nitrogen and oxygen atoms in total. The van der Waals surface area contributed by atoms with Crippen LogP contribution in [-0.2, 0) is 22.1 Å². The van der Waals surface area contributed by atoms with E-state index in [9.17, 15) is 4.57 Å². The number of benzene rings is 2. The first-order chi connectivity index (χ1) is 16.8. The van der Waals surface area contributed by atoms with Gasteiger partial charge in [0.1, 0.15) is 12.9 Å². The fourth-order valence-electron chi connectivity index (χ4n) is 3.91. The Morgan fingerprint density at radius 3 is 2.66 bits per heavy atom. The maximum Gasteiger partial charge on any atom is 0.471 e. The van der Waals surface area contributed by atoms with E-state index in [4.69, 9.17) is 20.0 Å². The van der Waals surface area contributed by atoms with Gasteiger partial charge in [0.2, 0.25) is 0 Å². The summed E-state index contributed by atoms with van der Waals surface area (Å²) >= 11 is 0. The average molecular weight is 493 g/mol. The van der Waals surface area contributed by atoms with Crippen LogP contribution in [0.25, 0.3) is 16.5 Å². The number of phosphoric ester groups is 1. The second kappa shape index (κ2) is 9.61. The number of nitrogens with two attached hydrogens (primary N) is 1. The van der Waals surface area contributed by atoms with Crippen molar-refractivity contribution in [2.45, 2.75) is 19.1 Å². The van der Waals surface area contributed by atoms with E-state index >= 15 is 0 Å². The molecule has 180 valence electrons. The van der Waals surface area contributed by atoms with Crippen molar-refractivity contribution in [1.29, 1.82) is 0 Å². The van der Waals surface area contributed by atoms with E-state index in [1.807, 2.05) is 41.2 Å². The molecule has 1 aliphatic rings. The molecule has 0 bridgehead atoms. The van der Waals surface area contributed by atoms with Gasteiger partial charge < -0.3 is 24.9 Å². The lowest BCUT2D eigenvalue weighted by atomic mass is 10.0. The number of aromatic nitrogens is 3. The highest BCUT2D eigenvalue weighted by atomic mass is 31.2. The molecule has 0 aliphatic carbocycles. The van der Waals surface area contributed by atoms with Crippen LogP contribution in [0, 0.1) is 0 Å². The highest BCUT2D eigenvalue weighted by Gasteiger charge is 2.25. The number of nitrogens with zero attached hydrogens (tertiary/aromatic N) is 4. The number of allylic oxidation sites excluding steroid dienone is 2.